The first-order valence-electron chi connectivity index (χ1n) is 6.57. The predicted molar refractivity (Wildman–Crippen MR) is 80.5 cm³/mol. The van der Waals surface area contributed by atoms with Crippen molar-refractivity contribution in [2.75, 3.05) is 12.4 Å². The second-order valence-corrected chi connectivity index (χ2v) is 5.67. The minimum atomic E-state index is -0.913. The summed E-state index contributed by atoms with van der Waals surface area (Å²) in [6, 6.07) is 14.5. The molecule has 1 heterocycles. The lowest BCUT2D eigenvalue weighted by Crippen LogP contribution is -2.31. The Morgan fingerprint density at radius 3 is 2.67 bits per heavy atom. The normalized spacial score (nSPS) is 16.5. The van der Waals surface area contributed by atoms with Crippen LogP contribution in [0.25, 0.3) is 0 Å². The summed E-state index contributed by atoms with van der Waals surface area (Å²) < 4.78 is 11.5. The number of aromatic carboxylic acids is 1. The molecule has 1 atom stereocenters. The Balaban J connectivity index is 1.66. The van der Waals surface area contributed by atoms with Crippen molar-refractivity contribution >= 4 is 17.7 Å². The van der Waals surface area contributed by atoms with Crippen LogP contribution in [0.5, 0.6) is 11.5 Å². The Bertz CT molecular complexity index is 656. The van der Waals surface area contributed by atoms with Gasteiger partial charge in [0.1, 0.15) is 12.7 Å². The molecule has 1 unspecified atom stereocenters. The van der Waals surface area contributed by atoms with Crippen molar-refractivity contribution in [2.45, 2.75) is 11.0 Å². The minimum absolute atomic E-state index is 0.0910. The van der Waals surface area contributed by atoms with Gasteiger partial charge in [0.2, 0.25) is 0 Å². The monoisotopic (exact) mass is 302 g/mol. The molecule has 0 aliphatic carbocycles. The zero-order valence-electron chi connectivity index (χ0n) is 11.2. The number of carboxylic acids is 1. The number of hydrogen-bond donors (Lipinski definition) is 1. The molecule has 0 radical (unpaired) electrons. The second-order valence-electron chi connectivity index (χ2n) is 4.61. The van der Waals surface area contributed by atoms with Gasteiger partial charge in [0.15, 0.2) is 11.5 Å². The van der Waals surface area contributed by atoms with Gasteiger partial charge in [-0.25, -0.2) is 4.79 Å². The summed E-state index contributed by atoms with van der Waals surface area (Å²) in [6.45, 7) is 0.471. The molecule has 0 saturated carbocycles. The van der Waals surface area contributed by atoms with E-state index in [-0.39, 0.29) is 6.10 Å². The van der Waals surface area contributed by atoms with Crippen LogP contribution in [0.2, 0.25) is 0 Å². The van der Waals surface area contributed by atoms with Gasteiger partial charge in [-0.3, -0.25) is 0 Å². The van der Waals surface area contributed by atoms with E-state index in [0.717, 1.165) is 16.4 Å². The lowest BCUT2D eigenvalue weighted by molar-refractivity contribution is 0.0693. The molecule has 1 aliphatic heterocycles. The first-order valence-corrected chi connectivity index (χ1v) is 7.56. The molecule has 5 heteroatoms. The molecular formula is C16H14O4S. The number of carboxylic acid groups (broad SMARTS) is 1. The number of ether oxygens (including phenoxy) is 2. The molecule has 2 aromatic carbocycles. The average Bonchev–Trinajstić information content (AvgIpc) is 2.53. The average molecular weight is 302 g/mol. The van der Waals surface area contributed by atoms with E-state index >= 15 is 0 Å². The molecule has 21 heavy (non-hydrogen) atoms. The van der Waals surface area contributed by atoms with Crippen LogP contribution in [-0.4, -0.2) is 29.5 Å². The number of hydrogen-bond acceptors (Lipinski definition) is 4. The highest BCUT2D eigenvalue weighted by Crippen LogP contribution is 2.33. The van der Waals surface area contributed by atoms with Crippen molar-refractivity contribution in [1.29, 1.82) is 0 Å². The van der Waals surface area contributed by atoms with Gasteiger partial charge in [-0.15, -0.1) is 11.8 Å². The summed E-state index contributed by atoms with van der Waals surface area (Å²) in [5.74, 6) is 1.22. The third-order valence-electron chi connectivity index (χ3n) is 3.11. The van der Waals surface area contributed by atoms with Gasteiger partial charge in [0, 0.05) is 10.6 Å². The molecule has 0 bridgehead atoms. The summed E-state index contributed by atoms with van der Waals surface area (Å²) in [5.41, 5.74) is 0.319. The van der Waals surface area contributed by atoms with Crippen LogP contribution < -0.4 is 9.47 Å². The lowest BCUT2D eigenvalue weighted by Gasteiger charge is -2.26. The maximum absolute atomic E-state index is 11.2. The Kier molecular flexibility index (Phi) is 4.01. The quantitative estimate of drug-likeness (QED) is 0.878. The van der Waals surface area contributed by atoms with E-state index in [1.54, 1.807) is 12.1 Å². The van der Waals surface area contributed by atoms with Crippen molar-refractivity contribution in [3.8, 4) is 11.5 Å². The van der Waals surface area contributed by atoms with Crippen molar-refractivity contribution < 1.29 is 19.4 Å². The SMILES string of the molecule is O=C(O)c1ccccc1SCC1COc2ccccc2O1. The molecule has 3 rings (SSSR count). The van der Waals surface area contributed by atoms with E-state index in [2.05, 4.69) is 0 Å². The number of rotatable bonds is 4. The standard InChI is InChI=1S/C16H14O4S/c17-16(18)12-5-1-4-8-15(12)21-10-11-9-19-13-6-2-3-7-14(13)20-11/h1-8,11H,9-10H2,(H,17,18). The van der Waals surface area contributed by atoms with E-state index < -0.39 is 5.97 Å². The van der Waals surface area contributed by atoms with Gasteiger partial charge in [-0.1, -0.05) is 24.3 Å². The third kappa shape index (κ3) is 3.13. The Hall–Kier alpha value is -2.14. The molecule has 2 aromatic rings. The first kappa shape index (κ1) is 13.8. The van der Waals surface area contributed by atoms with Crippen molar-refractivity contribution in [1.82, 2.24) is 0 Å². The van der Waals surface area contributed by atoms with E-state index in [0.29, 0.717) is 17.9 Å². The molecule has 1 N–H and O–H groups in total. The highest BCUT2D eigenvalue weighted by molar-refractivity contribution is 7.99. The number of para-hydroxylation sites is 2. The fraction of sp³-hybridized carbons (Fsp3) is 0.188. The molecule has 0 fully saturated rings. The number of benzene rings is 2. The highest BCUT2D eigenvalue weighted by atomic mass is 32.2. The highest BCUT2D eigenvalue weighted by Gasteiger charge is 2.21. The van der Waals surface area contributed by atoms with Gasteiger partial charge < -0.3 is 14.6 Å². The van der Waals surface area contributed by atoms with E-state index in [1.807, 2.05) is 36.4 Å². The molecule has 0 aromatic heterocycles. The summed E-state index contributed by atoms with van der Waals surface area (Å²) in [5, 5.41) is 9.16. The summed E-state index contributed by atoms with van der Waals surface area (Å²) in [7, 11) is 0. The zero-order valence-corrected chi connectivity index (χ0v) is 12.0. The Morgan fingerprint density at radius 2 is 1.86 bits per heavy atom. The molecule has 1 aliphatic rings. The summed E-state index contributed by atoms with van der Waals surface area (Å²) >= 11 is 1.47. The van der Waals surface area contributed by atoms with Crippen molar-refractivity contribution in [3.05, 3.63) is 54.1 Å². The van der Waals surface area contributed by atoms with Gasteiger partial charge >= 0.3 is 5.97 Å². The zero-order chi connectivity index (χ0) is 14.7. The van der Waals surface area contributed by atoms with Crippen LogP contribution in [0.4, 0.5) is 0 Å². The van der Waals surface area contributed by atoms with Crippen LogP contribution in [0, 0.1) is 0 Å². The van der Waals surface area contributed by atoms with Crippen LogP contribution in [-0.2, 0) is 0 Å². The minimum Gasteiger partial charge on any atom is -0.486 e. The van der Waals surface area contributed by atoms with E-state index in [9.17, 15) is 4.79 Å². The summed E-state index contributed by atoms with van der Waals surface area (Å²) in [6.07, 6.45) is -0.0910. The van der Waals surface area contributed by atoms with Crippen LogP contribution in [0.1, 0.15) is 10.4 Å². The fourth-order valence-electron chi connectivity index (χ4n) is 2.10. The van der Waals surface area contributed by atoms with Gasteiger partial charge in [-0.2, -0.15) is 0 Å². The Labute approximate surface area is 126 Å². The molecule has 108 valence electrons. The van der Waals surface area contributed by atoms with Crippen LogP contribution in [0.3, 0.4) is 0 Å². The van der Waals surface area contributed by atoms with Gasteiger partial charge in [0.25, 0.3) is 0 Å². The molecule has 0 spiro atoms. The fourth-order valence-corrected chi connectivity index (χ4v) is 3.11. The van der Waals surface area contributed by atoms with Crippen molar-refractivity contribution in [2.24, 2.45) is 0 Å². The van der Waals surface area contributed by atoms with Crippen molar-refractivity contribution in [3.63, 3.8) is 0 Å². The maximum atomic E-state index is 11.2. The van der Waals surface area contributed by atoms with Crippen LogP contribution >= 0.6 is 11.8 Å². The first-order chi connectivity index (χ1) is 10.2. The Morgan fingerprint density at radius 1 is 1.14 bits per heavy atom. The smallest absolute Gasteiger partial charge is 0.336 e. The van der Waals surface area contributed by atoms with Gasteiger partial charge in [0.05, 0.1) is 5.56 Å². The molecular weight excluding hydrogens is 288 g/mol. The van der Waals surface area contributed by atoms with Crippen LogP contribution in [0.15, 0.2) is 53.4 Å². The number of carbonyl (C=O) groups is 1. The molecule has 4 nitrogen and oxygen atoms in total. The number of fused-ring (bicyclic) bond motifs is 1. The number of thioether (sulfide) groups is 1. The largest absolute Gasteiger partial charge is 0.486 e. The topological polar surface area (TPSA) is 55.8 Å². The third-order valence-corrected chi connectivity index (χ3v) is 4.32. The van der Waals surface area contributed by atoms with Gasteiger partial charge in [-0.05, 0) is 24.3 Å². The maximum Gasteiger partial charge on any atom is 0.336 e. The summed E-state index contributed by atoms with van der Waals surface area (Å²) in [4.78, 5) is 11.9. The second kappa shape index (κ2) is 6.10. The predicted octanol–water partition coefficient (Wildman–Crippen LogP) is 3.32. The molecule has 0 saturated heterocycles. The van der Waals surface area contributed by atoms with E-state index in [1.165, 1.54) is 11.8 Å². The lowest BCUT2D eigenvalue weighted by atomic mass is 10.2. The molecule has 0 amide bonds. The van der Waals surface area contributed by atoms with E-state index in [4.69, 9.17) is 14.6 Å².